The molecule has 2 rings (SSSR count). The van der Waals surface area contributed by atoms with E-state index in [0.717, 1.165) is 22.6 Å². The summed E-state index contributed by atoms with van der Waals surface area (Å²) in [5.41, 5.74) is 0.0218. The van der Waals surface area contributed by atoms with Gasteiger partial charge < -0.3 is 5.11 Å². The topological polar surface area (TPSA) is 37.3 Å². The molecule has 0 aromatic heterocycles. The number of aliphatic hydroxyl groups excluding tert-OH is 1. The van der Waals surface area contributed by atoms with E-state index in [2.05, 4.69) is 13.8 Å². The first kappa shape index (κ1) is 12.5. The molecule has 0 amide bonds. The van der Waals surface area contributed by atoms with Crippen LogP contribution in [0.25, 0.3) is 0 Å². The monoisotopic (exact) mass is 250 g/mol. The van der Waals surface area contributed by atoms with Crippen molar-refractivity contribution < 1.29 is 9.32 Å². The van der Waals surface area contributed by atoms with Gasteiger partial charge in [-0.25, -0.2) is 4.21 Å². The maximum Gasteiger partial charge on any atom is 0.0806 e. The van der Waals surface area contributed by atoms with Crippen LogP contribution in [0.15, 0.2) is 46.2 Å². The number of hydrogen-bond acceptors (Lipinski definition) is 2. The van der Waals surface area contributed by atoms with Crippen LogP contribution in [-0.4, -0.2) is 15.4 Å². The Labute approximate surface area is 105 Å². The Morgan fingerprint density at radius 1 is 1.29 bits per heavy atom. The molecule has 0 heterocycles. The molecule has 0 spiro atoms. The van der Waals surface area contributed by atoms with Crippen LogP contribution in [0.2, 0.25) is 0 Å². The lowest BCUT2D eigenvalue weighted by Gasteiger charge is -2.32. The summed E-state index contributed by atoms with van der Waals surface area (Å²) in [5, 5.41) is 9.80. The Bertz CT molecular complexity index is 449. The van der Waals surface area contributed by atoms with Gasteiger partial charge in [0.25, 0.3) is 0 Å². The van der Waals surface area contributed by atoms with Crippen LogP contribution < -0.4 is 0 Å². The van der Waals surface area contributed by atoms with E-state index in [-0.39, 0.29) is 5.41 Å². The molecule has 0 aliphatic heterocycles. The number of aliphatic hydroxyl groups is 1. The first-order valence-corrected chi connectivity index (χ1v) is 6.98. The standard InChI is InChI=1S/C14H18O2S/c1-14(2)9-11(15)8-13(10-14)17(16)12-6-4-3-5-7-12/h3-8,11,15H,9-10H2,1-2H3. The molecule has 1 aliphatic carbocycles. The Kier molecular flexibility index (Phi) is 3.50. The van der Waals surface area contributed by atoms with Gasteiger partial charge in [0, 0.05) is 9.80 Å². The predicted octanol–water partition coefficient (Wildman–Crippen LogP) is 2.86. The first-order valence-electron chi connectivity index (χ1n) is 5.83. The third kappa shape index (κ3) is 3.05. The molecule has 0 saturated heterocycles. The van der Waals surface area contributed by atoms with E-state index in [1.165, 1.54) is 0 Å². The summed E-state index contributed by atoms with van der Waals surface area (Å²) in [6, 6.07) is 9.42. The molecule has 2 nitrogen and oxygen atoms in total. The van der Waals surface area contributed by atoms with Crippen molar-refractivity contribution in [3.8, 4) is 0 Å². The molecule has 0 fully saturated rings. The second-order valence-corrected chi connectivity index (χ2v) is 6.86. The minimum Gasteiger partial charge on any atom is -0.389 e. The average molecular weight is 250 g/mol. The minimum absolute atomic E-state index is 0.0218. The summed E-state index contributed by atoms with van der Waals surface area (Å²) in [7, 11) is -1.14. The van der Waals surface area contributed by atoms with Crippen LogP contribution in [0.3, 0.4) is 0 Å². The Morgan fingerprint density at radius 2 is 1.94 bits per heavy atom. The van der Waals surface area contributed by atoms with Gasteiger partial charge in [0.2, 0.25) is 0 Å². The number of hydrogen-bond donors (Lipinski definition) is 1. The molecule has 2 unspecified atom stereocenters. The molecule has 1 aromatic rings. The van der Waals surface area contributed by atoms with Gasteiger partial charge in [0.05, 0.1) is 16.9 Å². The minimum atomic E-state index is -1.14. The molecule has 2 atom stereocenters. The normalized spacial score (nSPS) is 25.1. The zero-order chi connectivity index (χ0) is 12.5. The molecule has 1 aromatic carbocycles. The van der Waals surface area contributed by atoms with Gasteiger partial charge in [-0.05, 0) is 36.5 Å². The van der Waals surface area contributed by atoms with Crippen molar-refractivity contribution in [1.29, 1.82) is 0 Å². The highest BCUT2D eigenvalue weighted by Gasteiger charge is 2.30. The largest absolute Gasteiger partial charge is 0.389 e. The molecule has 0 radical (unpaired) electrons. The summed E-state index contributed by atoms with van der Waals surface area (Å²) in [5.74, 6) is 0. The molecule has 1 aliphatic rings. The van der Waals surface area contributed by atoms with Gasteiger partial charge in [0.1, 0.15) is 0 Å². The molecule has 1 N–H and O–H groups in total. The lowest BCUT2D eigenvalue weighted by Crippen LogP contribution is -2.26. The van der Waals surface area contributed by atoms with Gasteiger partial charge in [-0.15, -0.1) is 0 Å². The van der Waals surface area contributed by atoms with Crippen LogP contribution in [0.1, 0.15) is 26.7 Å². The number of allylic oxidation sites excluding steroid dienone is 1. The zero-order valence-electron chi connectivity index (χ0n) is 10.2. The third-order valence-electron chi connectivity index (χ3n) is 2.99. The second kappa shape index (κ2) is 4.75. The number of benzene rings is 1. The molecule has 0 saturated carbocycles. The van der Waals surface area contributed by atoms with Crippen LogP contribution in [0.4, 0.5) is 0 Å². The Balaban J connectivity index is 2.26. The summed E-state index contributed by atoms with van der Waals surface area (Å²) in [6.45, 7) is 4.21. The van der Waals surface area contributed by atoms with Crippen LogP contribution in [-0.2, 0) is 10.8 Å². The molecular formula is C14H18O2S. The Morgan fingerprint density at radius 3 is 2.53 bits per heavy atom. The fraction of sp³-hybridized carbons (Fsp3) is 0.429. The molecule has 17 heavy (non-hydrogen) atoms. The van der Waals surface area contributed by atoms with Crippen molar-refractivity contribution in [3.63, 3.8) is 0 Å². The highest BCUT2D eigenvalue weighted by atomic mass is 32.2. The SMILES string of the molecule is CC1(C)CC(S(=O)c2ccccc2)=CC(O)C1. The lowest BCUT2D eigenvalue weighted by atomic mass is 9.80. The summed E-state index contributed by atoms with van der Waals surface area (Å²) < 4.78 is 12.4. The van der Waals surface area contributed by atoms with E-state index in [9.17, 15) is 9.32 Å². The highest BCUT2D eigenvalue weighted by molar-refractivity contribution is 7.89. The van der Waals surface area contributed by atoms with Crippen LogP contribution in [0, 0.1) is 5.41 Å². The van der Waals surface area contributed by atoms with Gasteiger partial charge in [-0.1, -0.05) is 32.0 Å². The van der Waals surface area contributed by atoms with E-state index in [0.29, 0.717) is 0 Å². The fourth-order valence-corrected chi connectivity index (χ4v) is 3.77. The number of rotatable bonds is 2. The summed E-state index contributed by atoms with van der Waals surface area (Å²) in [4.78, 5) is 1.66. The van der Waals surface area contributed by atoms with E-state index >= 15 is 0 Å². The fourth-order valence-electron chi connectivity index (χ4n) is 2.27. The van der Waals surface area contributed by atoms with Gasteiger partial charge in [-0.3, -0.25) is 0 Å². The van der Waals surface area contributed by atoms with E-state index < -0.39 is 16.9 Å². The van der Waals surface area contributed by atoms with E-state index in [1.807, 2.05) is 30.3 Å². The maximum atomic E-state index is 12.4. The van der Waals surface area contributed by atoms with Crippen molar-refractivity contribution >= 4 is 10.8 Å². The van der Waals surface area contributed by atoms with Gasteiger partial charge in [-0.2, -0.15) is 0 Å². The van der Waals surface area contributed by atoms with E-state index in [1.54, 1.807) is 6.08 Å². The van der Waals surface area contributed by atoms with E-state index in [4.69, 9.17) is 0 Å². The Hall–Kier alpha value is -0.930. The molecular weight excluding hydrogens is 232 g/mol. The second-order valence-electron chi connectivity index (χ2n) is 5.33. The lowest BCUT2D eigenvalue weighted by molar-refractivity contribution is 0.141. The molecule has 0 bridgehead atoms. The van der Waals surface area contributed by atoms with Crippen molar-refractivity contribution in [2.45, 2.75) is 37.7 Å². The van der Waals surface area contributed by atoms with Crippen molar-refractivity contribution in [2.75, 3.05) is 0 Å². The third-order valence-corrected chi connectivity index (χ3v) is 4.45. The van der Waals surface area contributed by atoms with Gasteiger partial charge >= 0.3 is 0 Å². The van der Waals surface area contributed by atoms with Crippen molar-refractivity contribution in [3.05, 3.63) is 41.3 Å². The predicted molar refractivity (Wildman–Crippen MR) is 70.0 cm³/mol. The van der Waals surface area contributed by atoms with Crippen molar-refractivity contribution in [2.24, 2.45) is 5.41 Å². The maximum absolute atomic E-state index is 12.4. The van der Waals surface area contributed by atoms with Crippen LogP contribution in [0.5, 0.6) is 0 Å². The quantitative estimate of drug-likeness (QED) is 0.876. The summed E-state index contributed by atoms with van der Waals surface area (Å²) in [6.07, 6.45) is 2.81. The molecule has 92 valence electrons. The molecule has 3 heteroatoms. The van der Waals surface area contributed by atoms with Crippen LogP contribution >= 0.6 is 0 Å². The average Bonchev–Trinajstić information content (AvgIpc) is 2.26. The summed E-state index contributed by atoms with van der Waals surface area (Å²) >= 11 is 0. The van der Waals surface area contributed by atoms with Gasteiger partial charge in [0.15, 0.2) is 0 Å². The van der Waals surface area contributed by atoms with Crippen molar-refractivity contribution in [1.82, 2.24) is 0 Å². The smallest absolute Gasteiger partial charge is 0.0806 e. The highest BCUT2D eigenvalue weighted by Crippen LogP contribution is 2.37. The zero-order valence-corrected chi connectivity index (χ0v) is 11.0. The first-order chi connectivity index (χ1) is 7.98.